The Labute approximate surface area is 192 Å². The zero-order chi connectivity index (χ0) is 22.6. The summed E-state index contributed by atoms with van der Waals surface area (Å²) in [6, 6.07) is 26.7. The van der Waals surface area contributed by atoms with Gasteiger partial charge in [0, 0.05) is 28.7 Å². The van der Waals surface area contributed by atoms with Gasteiger partial charge >= 0.3 is 5.97 Å². The first-order chi connectivity index (χ1) is 16.2. The molecule has 0 atom stereocenters. The van der Waals surface area contributed by atoms with Gasteiger partial charge in [0.2, 0.25) is 0 Å². The number of aromatic nitrogens is 2. The summed E-state index contributed by atoms with van der Waals surface area (Å²) in [5, 5.41) is 2.24. The lowest BCUT2D eigenvalue weighted by Crippen LogP contribution is -2.07. The van der Waals surface area contributed by atoms with Gasteiger partial charge < -0.3 is 19.0 Å². The number of benzene rings is 3. The van der Waals surface area contributed by atoms with Crippen LogP contribution in [0.15, 0.2) is 85.1 Å². The van der Waals surface area contributed by atoms with E-state index in [1.165, 1.54) is 0 Å². The van der Waals surface area contributed by atoms with Crippen molar-refractivity contribution in [3.05, 3.63) is 96.3 Å². The van der Waals surface area contributed by atoms with Crippen LogP contribution in [0.3, 0.4) is 0 Å². The molecule has 5 heteroatoms. The number of nitrogens with zero attached hydrogens (tertiary/aromatic N) is 1. The molecule has 0 radical (unpaired) electrons. The monoisotopic (exact) mass is 438 g/mol. The predicted octanol–water partition coefficient (Wildman–Crippen LogP) is 6.19. The fourth-order valence-electron chi connectivity index (χ4n) is 4.25. The van der Waals surface area contributed by atoms with Crippen LogP contribution in [-0.4, -0.2) is 22.1 Å². The Morgan fingerprint density at radius 1 is 0.970 bits per heavy atom. The topological polar surface area (TPSA) is 56.2 Å². The SMILES string of the molecule is CCOC(=O)CCc1cc2ccccc2n1-c1c[nH]c2cc(OCc3ccccc3)ccc12. The largest absolute Gasteiger partial charge is 0.489 e. The molecule has 5 nitrogen and oxygen atoms in total. The van der Waals surface area contributed by atoms with Crippen molar-refractivity contribution in [3.63, 3.8) is 0 Å². The summed E-state index contributed by atoms with van der Waals surface area (Å²) in [4.78, 5) is 15.4. The van der Waals surface area contributed by atoms with E-state index in [9.17, 15) is 4.79 Å². The molecular weight excluding hydrogens is 412 g/mol. The van der Waals surface area contributed by atoms with Gasteiger partial charge in [0.15, 0.2) is 0 Å². The van der Waals surface area contributed by atoms with Gasteiger partial charge in [-0.25, -0.2) is 0 Å². The van der Waals surface area contributed by atoms with Gasteiger partial charge in [0.05, 0.1) is 29.7 Å². The average Bonchev–Trinajstić information content (AvgIpc) is 3.42. The van der Waals surface area contributed by atoms with E-state index in [4.69, 9.17) is 9.47 Å². The van der Waals surface area contributed by atoms with Crippen molar-refractivity contribution in [3.8, 4) is 11.4 Å². The minimum absolute atomic E-state index is 0.173. The lowest BCUT2D eigenvalue weighted by molar-refractivity contribution is -0.143. The highest BCUT2D eigenvalue weighted by Gasteiger charge is 2.16. The van der Waals surface area contributed by atoms with Crippen LogP contribution in [0.4, 0.5) is 0 Å². The molecule has 0 unspecified atom stereocenters. The van der Waals surface area contributed by atoms with Crippen molar-refractivity contribution in [1.82, 2.24) is 9.55 Å². The van der Waals surface area contributed by atoms with E-state index in [1.807, 2.05) is 55.6 Å². The number of hydrogen-bond acceptors (Lipinski definition) is 3. The number of H-pyrrole nitrogens is 1. The number of carbonyl (C=O) groups is 1. The molecule has 1 N–H and O–H groups in total. The van der Waals surface area contributed by atoms with Gasteiger partial charge in [-0.3, -0.25) is 4.79 Å². The maximum absolute atomic E-state index is 12.0. The molecule has 0 saturated carbocycles. The van der Waals surface area contributed by atoms with E-state index in [1.54, 1.807) is 0 Å². The second kappa shape index (κ2) is 9.25. The maximum Gasteiger partial charge on any atom is 0.306 e. The van der Waals surface area contributed by atoms with E-state index >= 15 is 0 Å². The number of ether oxygens (including phenoxy) is 2. The summed E-state index contributed by atoms with van der Waals surface area (Å²) < 4.78 is 13.4. The van der Waals surface area contributed by atoms with Crippen molar-refractivity contribution in [2.24, 2.45) is 0 Å². The van der Waals surface area contributed by atoms with Gasteiger partial charge in [-0.05, 0) is 43.2 Å². The number of fused-ring (bicyclic) bond motifs is 2. The van der Waals surface area contributed by atoms with Gasteiger partial charge in [0.25, 0.3) is 0 Å². The molecule has 0 aliphatic heterocycles. The molecule has 0 spiro atoms. The second-order valence-corrected chi connectivity index (χ2v) is 7.99. The number of carbonyl (C=O) groups excluding carboxylic acids is 1. The Kier molecular flexibility index (Phi) is 5.85. The van der Waals surface area contributed by atoms with Crippen molar-refractivity contribution >= 4 is 27.8 Å². The molecule has 0 bridgehead atoms. The Bertz CT molecular complexity index is 1400. The van der Waals surface area contributed by atoms with Gasteiger partial charge in [-0.15, -0.1) is 0 Å². The summed E-state index contributed by atoms with van der Waals surface area (Å²) in [6.07, 6.45) is 2.98. The van der Waals surface area contributed by atoms with E-state index in [2.05, 4.69) is 45.9 Å². The normalized spacial score (nSPS) is 11.2. The molecule has 166 valence electrons. The Hall–Kier alpha value is -3.99. The fourth-order valence-corrected chi connectivity index (χ4v) is 4.25. The third kappa shape index (κ3) is 4.35. The first-order valence-corrected chi connectivity index (χ1v) is 11.3. The molecule has 33 heavy (non-hydrogen) atoms. The molecule has 3 aromatic carbocycles. The molecular formula is C28H26N2O3. The number of aromatic amines is 1. The van der Waals surface area contributed by atoms with E-state index in [0.29, 0.717) is 26.1 Å². The average molecular weight is 439 g/mol. The molecule has 2 aromatic heterocycles. The predicted molar refractivity (Wildman–Crippen MR) is 131 cm³/mol. The number of rotatable bonds is 8. The lowest BCUT2D eigenvalue weighted by Gasteiger charge is -2.11. The molecule has 0 amide bonds. The molecule has 0 fully saturated rings. The zero-order valence-corrected chi connectivity index (χ0v) is 18.6. The minimum atomic E-state index is -0.173. The summed E-state index contributed by atoms with van der Waals surface area (Å²) in [7, 11) is 0. The number of hydrogen-bond donors (Lipinski definition) is 1. The summed E-state index contributed by atoms with van der Waals surface area (Å²) in [5.74, 6) is 0.646. The molecule has 0 saturated heterocycles. The fraction of sp³-hybridized carbons (Fsp3) is 0.179. The van der Waals surface area contributed by atoms with Crippen LogP contribution in [-0.2, 0) is 22.6 Å². The molecule has 5 aromatic rings. The van der Waals surface area contributed by atoms with Crippen molar-refractivity contribution in [1.29, 1.82) is 0 Å². The van der Waals surface area contributed by atoms with Crippen molar-refractivity contribution in [2.45, 2.75) is 26.4 Å². The second-order valence-electron chi connectivity index (χ2n) is 7.99. The third-order valence-corrected chi connectivity index (χ3v) is 5.80. The number of esters is 1. The lowest BCUT2D eigenvalue weighted by atomic mass is 10.2. The molecule has 0 aliphatic carbocycles. The van der Waals surface area contributed by atoms with Crippen LogP contribution in [0.1, 0.15) is 24.6 Å². The first kappa shape index (κ1) is 20.9. The number of aryl methyl sites for hydroxylation is 1. The van der Waals surface area contributed by atoms with Gasteiger partial charge in [-0.1, -0.05) is 48.5 Å². The van der Waals surface area contributed by atoms with Gasteiger partial charge in [-0.2, -0.15) is 0 Å². The van der Waals surface area contributed by atoms with Crippen molar-refractivity contribution < 1.29 is 14.3 Å². The highest BCUT2D eigenvalue weighted by molar-refractivity contribution is 5.93. The van der Waals surface area contributed by atoms with Crippen LogP contribution in [0.2, 0.25) is 0 Å². The highest BCUT2D eigenvalue weighted by atomic mass is 16.5. The molecule has 2 heterocycles. The Morgan fingerprint density at radius 2 is 1.79 bits per heavy atom. The highest BCUT2D eigenvalue weighted by Crippen LogP contribution is 2.32. The van der Waals surface area contributed by atoms with Crippen LogP contribution in [0.5, 0.6) is 5.75 Å². The number of nitrogens with one attached hydrogen (secondary N) is 1. The van der Waals surface area contributed by atoms with E-state index in [-0.39, 0.29) is 5.97 Å². The van der Waals surface area contributed by atoms with Crippen molar-refractivity contribution in [2.75, 3.05) is 6.61 Å². The quantitative estimate of drug-likeness (QED) is 0.294. The van der Waals surface area contributed by atoms with E-state index < -0.39 is 0 Å². The molecule has 0 aliphatic rings. The molecule has 5 rings (SSSR count). The standard InChI is InChI=1S/C28H26N2O3/c1-2-32-28(31)15-12-22-16-21-10-6-7-11-26(21)30(22)27-18-29-25-17-23(13-14-24(25)27)33-19-20-8-4-3-5-9-20/h3-11,13-14,16-18,29H,2,12,15,19H2,1H3. The van der Waals surface area contributed by atoms with Crippen LogP contribution < -0.4 is 4.74 Å². The smallest absolute Gasteiger partial charge is 0.306 e. The Balaban J connectivity index is 1.47. The third-order valence-electron chi connectivity index (χ3n) is 5.80. The van der Waals surface area contributed by atoms with Crippen LogP contribution in [0.25, 0.3) is 27.5 Å². The van der Waals surface area contributed by atoms with Crippen LogP contribution in [0, 0.1) is 0 Å². The summed E-state index contributed by atoms with van der Waals surface area (Å²) >= 11 is 0. The van der Waals surface area contributed by atoms with E-state index in [0.717, 1.165) is 44.5 Å². The number of para-hydroxylation sites is 1. The minimum Gasteiger partial charge on any atom is -0.489 e. The van der Waals surface area contributed by atoms with Crippen LogP contribution >= 0.6 is 0 Å². The maximum atomic E-state index is 12.0. The Morgan fingerprint density at radius 3 is 2.64 bits per heavy atom. The van der Waals surface area contributed by atoms with Gasteiger partial charge in [0.1, 0.15) is 12.4 Å². The zero-order valence-electron chi connectivity index (χ0n) is 18.6. The first-order valence-electron chi connectivity index (χ1n) is 11.3. The summed E-state index contributed by atoms with van der Waals surface area (Å²) in [6.45, 7) is 2.76. The summed E-state index contributed by atoms with van der Waals surface area (Å²) in [5.41, 5.74) is 5.38.